The van der Waals surface area contributed by atoms with Gasteiger partial charge in [0.05, 0.1) is 13.0 Å². The van der Waals surface area contributed by atoms with Gasteiger partial charge in [-0.25, -0.2) is 0 Å². The number of carbonyl (C=O) groups excluding carboxylic acids is 1. The molecule has 1 spiro atoms. The zero-order valence-corrected chi connectivity index (χ0v) is 17.1. The van der Waals surface area contributed by atoms with Crippen molar-refractivity contribution in [2.45, 2.75) is 63.1 Å². The van der Waals surface area contributed by atoms with Crippen LogP contribution in [0.1, 0.15) is 50.7 Å². The van der Waals surface area contributed by atoms with Crippen LogP contribution in [0.3, 0.4) is 0 Å². The molecule has 2 bridgehead atoms. The van der Waals surface area contributed by atoms with Crippen molar-refractivity contribution in [3.63, 3.8) is 0 Å². The average molecular weight is 380 g/mol. The second kappa shape index (κ2) is 5.54. The Morgan fingerprint density at radius 1 is 1.36 bits per heavy atom. The molecule has 0 saturated heterocycles. The van der Waals surface area contributed by atoms with E-state index in [1.165, 1.54) is 17.5 Å². The number of terminal acetylenes is 1. The van der Waals surface area contributed by atoms with Crippen LogP contribution >= 0.6 is 0 Å². The van der Waals surface area contributed by atoms with E-state index in [4.69, 9.17) is 20.6 Å². The molecule has 4 aliphatic rings. The maximum absolute atomic E-state index is 12.8. The molecule has 2 fully saturated rings. The SMILES string of the molecule is C#C[C@@]1(OC)[C@@H](C(C)=O)C[C@]2(C)[C@@H]3CCC[C@@]24c2c(ccc(OC)c2O[C@@H]14)C3. The summed E-state index contributed by atoms with van der Waals surface area (Å²) < 4.78 is 18.4. The van der Waals surface area contributed by atoms with E-state index in [-0.39, 0.29) is 28.6 Å². The van der Waals surface area contributed by atoms with Gasteiger partial charge in [-0.05, 0) is 55.6 Å². The molecule has 4 nitrogen and oxygen atoms in total. The molecule has 6 atom stereocenters. The molecule has 1 aromatic rings. The van der Waals surface area contributed by atoms with E-state index in [0.717, 1.165) is 37.2 Å². The first-order valence-corrected chi connectivity index (χ1v) is 10.3. The fourth-order valence-corrected chi connectivity index (χ4v) is 7.41. The molecule has 4 heteroatoms. The summed E-state index contributed by atoms with van der Waals surface area (Å²) >= 11 is 0. The highest BCUT2D eigenvalue weighted by molar-refractivity contribution is 5.82. The van der Waals surface area contributed by atoms with Crippen LogP contribution in [-0.4, -0.2) is 31.7 Å². The van der Waals surface area contributed by atoms with E-state index in [1.807, 2.05) is 6.07 Å². The number of benzene rings is 1. The molecule has 28 heavy (non-hydrogen) atoms. The predicted molar refractivity (Wildman–Crippen MR) is 106 cm³/mol. The molecule has 0 N–H and O–H groups in total. The highest BCUT2D eigenvalue weighted by Gasteiger charge is 2.76. The molecule has 0 aromatic heterocycles. The zero-order chi connectivity index (χ0) is 19.9. The molecule has 1 heterocycles. The van der Waals surface area contributed by atoms with Gasteiger partial charge in [-0.3, -0.25) is 4.79 Å². The third kappa shape index (κ3) is 1.72. The second-order valence-electron chi connectivity index (χ2n) is 9.32. The van der Waals surface area contributed by atoms with Crippen molar-refractivity contribution < 1.29 is 19.0 Å². The van der Waals surface area contributed by atoms with Crippen molar-refractivity contribution in [3.05, 3.63) is 23.3 Å². The van der Waals surface area contributed by atoms with Gasteiger partial charge in [-0.15, -0.1) is 6.42 Å². The summed E-state index contributed by atoms with van der Waals surface area (Å²) in [6.45, 7) is 4.01. The van der Waals surface area contributed by atoms with Gasteiger partial charge in [-0.2, -0.15) is 0 Å². The van der Waals surface area contributed by atoms with Gasteiger partial charge < -0.3 is 14.2 Å². The molecule has 148 valence electrons. The van der Waals surface area contributed by atoms with Crippen LogP contribution in [0, 0.1) is 29.6 Å². The molecule has 0 amide bonds. The van der Waals surface area contributed by atoms with Gasteiger partial charge in [0, 0.05) is 18.1 Å². The summed E-state index contributed by atoms with van der Waals surface area (Å²) in [4.78, 5) is 12.8. The topological polar surface area (TPSA) is 44.8 Å². The van der Waals surface area contributed by atoms with Gasteiger partial charge in [0.15, 0.2) is 17.1 Å². The maximum Gasteiger partial charge on any atom is 0.174 e. The monoisotopic (exact) mass is 380 g/mol. The lowest BCUT2D eigenvalue weighted by molar-refractivity contribution is -0.200. The first-order valence-electron chi connectivity index (χ1n) is 10.3. The summed E-state index contributed by atoms with van der Waals surface area (Å²) in [5, 5.41) is 0. The minimum Gasteiger partial charge on any atom is -0.493 e. The summed E-state index contributed by atoms with van der Waals surface area (Å²) in [5.41, 5.74) is 1.28. The minimum absolute atomic E-state index is 0.0459. The highest BCUT2D eigenvalue weighted by atomic mass is 16.6. The number of hydrogen-bond donors (Lipinski definition) is 0. The first kappa shape index (κ1) is 18.1. The van der Waals surface area contributed by atoms with Crippen LogP contribution in [0.4, 0.5) is 0 Å². The fraction of sp³-hybridized carbons (Fsp3) is 0.625. The Hall–Kier alpha value is -1.99. The van der Waals surface area contributed by atoms with Crippen LogP contribution in [0.15, 0.2) is 12.1 Å². The van der Waals surface area contributed by atoms with E-state index < -0.39 is 5.60 Å². The number of ether oxygens (including phenoxy) is 3. The summed E-state index contributed by atoms with van der Waals surface area (Å²) in [6, 6.07) is 4.21. The molecule has 2 saturated carbocycles. The molecule has 1 aromatic carbocycles. The average Bonchev–Trinajstić information content (AvgIpc) is 3.02. The molecule has 5 rings (SSSR count). The molecular weight excluding hydrogens is 352 g/mol. The molecule has 0 unspecified atom stereocenters. The zero-order valence-electron chi connectivity index (χ0n) is 17.1. The van der Waals surface area contributed by atoms with Gasteiger partial charge in [0.2, 0.25) is 0 Å². The number of hydrogen-bond acceptors (Lipinski definition) is 4. The fourth-order valence-electron chi connectivity index (χ4n) is 7.41. The standard InChI is InChI=1S/C24H28O4/c1-6-24(27-5)17(14(2)25)13-22(3)16-8-7-11-23(22)19-15(12-16)9-10-18(26-4)20(19)28-21(23)24/h1,9-10,16-17,21H,7-8,11-13H2,2-5H3/t16-,17-,21-,22-,23+,24-/m1/s1. The Balaban J connectivity index is 1.86. The van der Waals surface area contributed by atoms with E-state index >= 15 is 0 Å². The lowest BCUT2D eigenvalue weighted by Gasteiger charge is -2.66. The largest absolute Gasteiger partial charge is 0.493 e. The van der Waals surface area contributed by atoms with Crippen molar-refractivity contribution in [1.82, 2.24) is 0 Å². The van der Waals surface area contributed by atoms with E-state index in [9.17, 15) is 4.79 Å². The maximum atomic E-state index is 12.8. The molecular formula is C24H28O4. The Morgan fingerprint density at radius 3 is 2.79 bits per heavy atom. The van der Waals surface area contributed by atoms with Crippen LogP contribution in [0.5, 0.6) is 11.5 Å². The molecule has 0 radical (unpaired) electrons. The van der Waals surface area contributed by atoms with E-state index in [2.05, 4.69) is 18.9 Å². The Kier molecular flexibility index (Phi) is 3.57. The third-order valence-electron chi connectivity index (χ3n) is 8.66. The predicted octanol–water partition coefficient (Wildman–Crippen LogP) is 3.68. The van der Waals surface area contributed by atoms with E-state index in [0.29, 0.717) is 5.92 Å². The van der Waals surface area contributed by atoms with E-state index in [1.54, 1.807) is 21.1 Å². The van der Waals surface area contributed by atoms with Gasteiger partial charge in [0.1, 0.15) is 11.9 Å². The second-order valence-corrected chi connectivity index (χ2v) is 9.32. The van der Waals surface area contributed by atoms with Crippen molar-refractivity contribution in [1.29, 1.82) is 0 Å². The normalized spacial score (nSPS) is 42.2. The number of ketones is 1. The number of methoxy groups -OCH3 is 2. The number of Topliss-reactive ketones (excluding diaryl/α,β-unsaturated/α-hetero) is 1. The van der Waals surface area contributed by atoms with Crippen LogP contribution in [-0.2, 0) is 21.4 Å². The summed E-state index contributed by atoms with van der Waals surface area (Å²) in [6.07, 6.45) is 10.9. The number of rotatable bonds is 3. The van der Waals surface area contributed by atoms with Crippen LogP contribution < -0.4 is 9.47 Å². The molecule has 3 aliphatic carbocycles. The smallest absolute Gasteiger partial charge is 0.174 e. The Labute approximate surface area is 166 Å². The van der Waals surface area contributed by atoms with Gasteiger partial charge in [0.25, 0.3) is 0 Å². The van der Waals surface area contributed by atoms with Crippen LogP contribution in [0.25, 0.3) is 0 Å². The van der Waals surface area contributed by atoms with Gasteiger partial charge >= 0.3 is 0 Å². The quantitative estimate of drug-likeness (QED) is 0.751. The lowest BCUT2D eigenvalue weighted by atomic mass is 9.37. The van der Waals surface area contributed by atoms with Crippen molar-refractivity contribution in [2.75, 3.05) is 14.2 Å². The minimum atomic E-state index is -1.06. The van der Waals surface area contributed by atoms with Crippen LogP contribution in [0.2, 0.25) is 0 Å². The third-order valence-corrected chi connectivity index (χ3v) is 8.66. The number of carbonyl (C=O) groups is 1. The summed E-state index contributed by atoms with van der Waals surface area (Å²) in [5.74, 6) is 4.72. The molecule has 1 aliphatic heterocycles. The van der Waals surface area contributed by atoms with Crippen molar-refractivity contribution in [2.24, 2.45) is 17.3 Å². The summed E-state index contributed by atoms with van der Waals surface area (Å²) in [7, 11) is 3.30. The highest BCUT2D eigenvalue weighted by Crippen LogP contribution is 2.73. The van der Waals surface area contributed by atoms with Crippen molar-refractivity contribution >= 4 is 5.78 Å². The Morgan fingerprint density at radius 2 is 2.14 bits per heavy atom. The van der Waals surface area contributed by atoms with Gasteiger partial charge in [-0.1, -0.05) is 25.3 Å². The lowest BCUT2D eigenvalue weighted by Crippen LogP contribution is -2.73. The Bertz CT molecular complexity index is 914. The van der Waals surface area contributed by atoms with Crippen molar-refractivity contribution in [3.8, 4) is 23.8 Å². The first-order chi connectivity index (χ1) is 13.4.